The summed E-state index contributed by atoms with van der Waals surface area (Å²) in [5.74, 6) is -0.691. The summed E-state index contributed by atoms with van der Waals surface area (Å²) in [4.78, 5) is 13.4. The fraction of sp³-hybridized carbons (Fsp3) is 0.462. The van der Waals surface area contributed by atoms with Crippen LogP contribution in [0.2, 0.25) is 0 Å². The molecule has 0 bridgehead atoms. The van der Waals surface area contributed by atoms with E-state index in [4.69, 9.17) is 9.94 Å². The first-order chi connectivity index (χ1) is 10.5. The Morgan fingerprint density at radius 2 is 1.86 bits per heavy atom. The third-order valence-electron chi connectivity index (χ3n) is 3.35. The quantitative estimate of drug-likeness (QED) is 0.476. The molecule has 0 saturated carbocycles. The van der Waals surface area contributed by atoms with Gasteiger partial charge in [-0.15, -0.1) is 0 Å². The summed E-state index contributed by atoms with van der Waals surface area (Å²) < 4.78 is 32.0. The van der Waals surface area contributed by atoms with Gasteiger partial charge in [-0.05, 0) is 24.3 Å². The normalized spacial score (nSPS) is 16.4. The number of carbonyl (C=O) groups excluding carboxylic acids is 1. The van der Waals surface area contributed by atoms with Crippen molar-refractivity contribution in [3.63, 3.8) is 0 Å². The zero-order valence-corrected chi connectivity index (χ0v) is 12.8. The third-order valence-corrected chi connectivity index (χ3v) is 4.83. The molecular formula is C13H19N3O5S. The van der Waals surface area contributed by atoms with Crippen LogP contribution in [0.3, 0.4) is 0 Å². The number of carbonyl (C=O) groups is 1. The Kier molecular flexibility index (Phi) is 5.86. The van der Waals surface area contributed by atoms with Crippen LogP contribution < -0.4 is 10.2 Å². The predicted octanol–water partition coefficient (Wildman–Crippen LogP) is -0.584. The SMILES string of the molecule is O=C(NO)c1ccc(S(=O)(=O)NCCN2CCOCC2)cc1. The second-order valence-electron chi connectivity index (χ2n) is 4.82. The first-order valence-electron chi connectivity index (χ1n) is 6.87. The summed E-state index contributed by atoms with van der Waals surface area (Å²) in [5, 5.41) is 8.51. The number of hydrogen-bond acceptors (Lipinski definition) is 6. The van der Waals surface area contributed by atoms with E-state index < -0.39 is 15.9 Å². The van der Waals surface area contributed by atoms with Gasteiger partial charge in [-0.2, -0.15) is 0 Å². The van der Waals surface area contributed by atoms with Gasteiger partial charge < -0.3 is 4.74 Å². The van der Waals surface area contributed by atoms with Gasteiger partial charge in [-0.1, -0.05) is 0 Å². The van der Waals surface area contributed by atoms with E-state index >= 15 is 0 Å². The topological polar surface area (TPSA) is 108 Å². The largest absolute Gasteiger partial charge is 0.379 e. The molecule has 0 atom stereocenters. The Morgan fingerprint density at radius 1 is 1.23 bits per heavy atom. The second kappa shape index (κ2) is 7.65. The average Bonchev–Trinajstić information content (AvgIpc) is 2.55. The molecule has 0 aromatic heterocycles. The Labute approximate surface area is 129 Å². The average molecular weight is 329 g/mol. The van der Waals surface area contributed by atoms with Crippen molar-refractivity contribution in [3.05, 3.63) is 29.8 Å². The van der Waals surface area contributed by atoms with Crippen molar-refractivity contribution in [2.75, 3.05) is 39.4 Å². The minimum absolute atomic E-state index is 0.0731. The van der Waals surface area contributed by atoms with Gasteiger partial charge in [0.15, 0.2) is 0 Å². The van der Waals surface area contributed by atoms with Gasteiger partial charge in [0.25, 0.3) is 5.91 Å². The van der Waals surface area contributed by atoms with Crippen LogP contribution in [0.25, 0.3) is 0 Å². The standard InChI is InChI=1S/C13H19N3O5S/c17-13(15-18)11-1-3-12(4-2-11)22(19,20)14-5-6-16-7-9-21-10-8-16/h1-4,14,18H,5-10H2,(H,15,17). The minimum Gasteiger partial charge on any atom is -0.379 e. The van der Waals surface area contributed by atoms with Crippen LogP contribution in [0, 0.1) is 0 Å². The van der Waals surface area contributed by atoms with Crippen LogP contribution in [0.5, 0.6) is 0 Å². The van der Waals surface area contributed by atoms with Crippen molar-refractivity contribution >= 4 is 15.9 Å². The van der Waals surface area contributed by atoms with Gasteiger partial charge >= 0.3 is 0 Å². The highest BCUT2D eigenvalue weighted by atomic mass is 32.2. The molecule has 9 heteroatoms. The van der Waals surface area contributed by atoms with Crippen molar-refractivity contribution in [1.29, 1.82) is 0 Å². The Morgan fingerprint density at radius 3 is 2.45 bits per heavy atom. The molecule has 8 nitrogen and oxygen atoms in total. The number of amides is 1. The van der Waals surface area contributed by atoms with Gasteiger partial charge in [0.2, 0.25) is 10.0 Å². The fourth-order valence-corrected chi connectivity index (χ4v) is 3.12. The smallest absolute Gasteiger partial charge is 0.274 e. The predicted molar refractivity (Wildman–Crippen MR) is 78.1 cm³/mol. The number of rotatable bonds is 6. The van der Waals surface area contributed by atoms with Crippen molar-refractivity contribution in [3.8, 4) is 0 Å². The van der Waals surface area contributed by atoms with E-state index in [1.807, 2.05) is 0 Å². The fourth-order valence-electron chi connectivity index (χ4n) is 2.10. The summed E-state index contributed by atoms with van der Waals surface area (Å²) >= 11 is 0. The molecule has 0 radical (unpaired) electrons. The molecule has 0 unspecified atom stereocenters. The number of sulfonamides is 1. The van der Waals surface area contributed by atoms with Crippen LogP contribution in [0.1, 0.15) is 10.4 Å². The van der Waals surface area contributed by atoms with E-state index in [-0.39, 0.29) is 10.5 Å². The van der Waals surface area contributed by atoms with Crippen molar-refractivity contribution < 1.29 is 23.2 Å². The molecule has 1 aromatic rings. The third kappa shape index (κ3) is 4.49. The highest BCUT2D eigenvalue weighted by molar-refractivity contribution is 7.89. The first-order valence-corrected chi connectivity index (χ1v) is 8.35. The van der Waals surface area contributed by atoms with Crippen LogP contribution in [0.4, 0.5) is 0 Å². The maximum absolute atomic E-state index is 12.1. The molecule has 2 rings (SSSR count). The van der Waals surface area contributed by atoms with Gasteiger partial charge in [0.1, 0.15) is 0 Å². The Hall–Kier alpha value is -1.52. The molecule has 1 heterocycles. The monoisotopic (exact) mass is 329 g/mol. The van der Waals surface area contributed by atoms with E-state index in [2.05, 4.69) is 9.62 Å². The summed E-state index contributed by atoms with van der Waals surface area (Å²) in [6.45, 7) is 3.86. The molecule has 22 heavy (non-hydrogen) atoms. The van der Waals surface area contributed by atoms with Crippen molar-refractivity contribution in [2.45, 2.75) is 4.90 Å². The van der Waals surface area contributed by atoms with Gasteiger partial charge in [0.05, 0.1) is 18.1 Å². The Bertz CT molecular complexity index is 597. The molecule has 1 amide bonds. The molecule has 1 fully saturated rings. The number of morpholine rings is 1. The zero-order chi connectivity index (χ0) is 16.0. The lowest BCUT2D eigenvalue weighted by molar-refractivity contribution is 0.0390. The summed E-state index contributed by atoms with van der Waals surface area (Å²) in [7, 11) is -3.61. The van der Waals surface area contributed by atoms with Crippen molar-refractivity contribution in [1.82, 2.24) is 15.1 Å². The van der Waals surface area contributed by atoms with Crippen LogP contribution in [-0.2, 0) is 14.8 Å². The van der Waals surface area contributed by atoms with Crippen LogP contribution >= 0.6 is 0 Å². The summed E-state index contributed by atoms with van der Waals surface area (Å²) in [6, 6.07) is 5.31. The van der Waals surface area contributed by atoms with Gasteiger partial charge in [0, 0.05) is 31.7 Å². The zero-order valence-electron chi connectivity index (χ0n) is 12.0. The molecule has 0 aliphatic carbocycles. The number of benzene rings is 1. The van der Waals surface area contributed by atoms with E-state index in [0.717, 1.165) is 13.1 Å². The number of hydrogen-bond donors (Lipinski definition) is 3. The Balaban J connectivity index is 1.90. The number of nitrogens with zero attached hydrogens (tertiary/aromatic N) is 1. The van der Waals surface area contributed by atoms with Crippen molar-refractivity contribution in [2.24, 2.45) is 0 Å². The van der Waals surface area contributed by atoms with Crippen LogP contribution in [0.15, 0.2) is 29.2 Å². The van der Waals surface area contributed by atoms with Crippen LogP contribution in [-0.4, -0.2) is 63.8 Å². The lowest BCUT2D eigenvalue weighted by Crippen LogP contribution is -2.41. The second-order valence-corrected chi connectivity index (χ2v) is 6.58. The highest BCUT2D eigenvalue weighted by Crippen LogP contribution is 2.10. The van der Waals surface area contributed by atoms with Gasteiger partial charge in [-0.25, -0.2) is 18.6 Å². The lowest BCUT2D eigenvalue weighted by Gasteiger charge is -2.26. The summed E-state index contributed by atoms with van der Waals surface area (Å²) in [6.07, 6.45) is 0. The maximum Gasteiger partial charge on any atom is 0.274 e. The highest BCUT2D eigenvalue weighted by Gasteiger charge is 2.16. The van der Waals surface area contributed by atoms with E-state index in [0.29, 0.717) is 26.3 Å². The molecule has 1 saturated heterocycles. The molecule has 1 aromatic carbocycles. The molecule has 1 aliphatic rings. The first kappa shape index (κ1) is 16.8. The molecule has 1 aliphatic heterocycles. The molecule has 3 N–H and O–H groups in total. The molecule has 122 valence electrons. The van der Waals surface area contributed by atoms with E-state index in [1.54, 1.807) is 0 Å². The molecular weight excluding hydrogens is 310 g/mol. The van der Waals surface area contributed by atoms with Gasteiger partial charge in [-0.3, -0.25) is 14.9 Å². The lowest BCUT2D eigenvalue weighted by atomic mass is 10.2. The van der Waals surface area contributed by atoms with E-state index in [1.165, 1.54) is 29.7 Å². The number of ether oxygens (including phenoxy) is 1. The van der Waals surface area contributed by atoms with E-state index in [9.17, 15) is 13.2 Å². The number of nitrogens with one attached hydrogen (secondary N) is 2. The minimum atomic E-state index is -3.61. The molecule has 0 spiro atoms. The number of hydroxylamine groups is 1. The summed E-state index contributed by atoms with van der Waals surface area (Å²) in [5.41, 5.74) is 1.67. The maximum atomic E-state index is 12.1.